The Balaban J connectivity index is 2.51. The maximum atomic E-state index is 12.6. The van der Waals surface area contributed by atoms with Crippen LogP contribution in [-0.2, 0) is 14.6 Å². The second kappa shape index (κ2) is 5.06. The molecule has 0 saturated carbocycles. The number of carbonyl (C=O) groups is 1. The summed E-state index contributed by atoms with van der Waals surface area (Å²) in [6.45, 7) is 6.44. The molecule has 0 radical (unpaired) electrons. The van der Waals surface area contributed by atoms with Crippen LogP contribution < -0.4 is 5.32 Å². The van der Waals surface area contributed by atoms with E-state index in [9.17, 15) is 13.2 Å². The number of aryl methyl sites for hydroxylation is 1. The van der Waals surface area contributed by atoms with E-state index in [1.165, 1.54) is 0 Å². The van der Waals surface area contributed by atoms with Crippen LogP contribution in [0.25, 0.3) is 0 Å². The Hall–Kier alpha value is -1.20. The van der Waals surface area contributed by atoms with E-state index in [0.29, 0.717) is 6.54 Å². The summed E-state index contributed by atoms with van der Waals surface area (Å²) in [6, 6.07) is 3.42. The lowest BCUT2D eigenvalue weighted by molar-refractivity contribution is -0.119. The fraction of sp³-hybridized carbons (Fsp3) is 0.500. The van der Waals surface area contributed by atoms with Crippen LogP contribution in [0, 0.1) is 20.8 Å². The maximum absolute atomic E-state index is 12.6. The topological polar surface area (TPSA) is 63.2 Å². The first kappa shape index (κ1) is 14.2. The highest BCUT2D eigenvalue weighted by atomic mass is 32.2. The van der Waals surface area contributed by atoms with Gasteiger partial charge in [-0.1, -0.05) is 6.07 Å². The molecule has 4 nitrogen and oxygen atoms in total. The van der Waals surface area contributed by atoms with Crippen LogP contribution in [0.5, 0.6) is 0 Å². The van der Waals surface area contributed by atoms with Gasteiger partial charge in [-0.05, 0) is 43.5 Å². The van der Waals surface area contributed by atoms with E-state index in [0.717, 1.165) is 16.7 Å². The third kappa shape index (κ3) is 2.44. The summed E-state index contributed by atoms with van der Waals surface area (Å²) >= 11 is 0. The molecular weight excluding hydrogens is 262 g/mol. The van der Waals surface area contributed by atoms with E-state index < -0.39 is 15.1 Å². The molecule has 1 unspecified atom stereocenters. The normalized spacial score (nSPS) is 20.6. The van der Waals surface area contributed by atoms with Gasteiger partial charge in [-0.15, -0.1) is 0 Å². The van der Waals surface area contributed by atoms with Crippen molar-refractivity contribution in [3.63, 3.8) is 0 Å². The Morgan fingerprint density at radius 2 is 1.84 bits per heavy atom. The van der Waals surface area contributed by atoms with Gasteiger partial charge >= 0.3 is 0 Å². The monoisotopic (exact) mass is 281 g/mol. The van der Waals surface area contributed by atoms with Gasteiger partial charge in [0, 0.05) is 19.5 Å². The summed E-state index contributed by atoms with van der Waals surface area (Å²) in [5, 5.41) is 2.04. The minimum absolute atomic E-state index is 0.184. The third-order valence-electron chi connectivity index (χ3n) is 3.93. The number of rotatable bonds is 2. The Morgan fingerprint density at radius 3 is 2.47 bits per heavy atom. The second-order valence-electron chi connectivity index (χ2n) is 5.08. The zero-order valence-electron chi connectivity index (χ0n) is 11.5. The van der Waals surface area contributed by atoms with Gasteiger partial charge in [0.1, 0.15) is 5.25 Å². The molecule has 1 heterocycles. The van der Waals surface area contributed by atoms with Crippen LogP contribution in [0.1, 0.15) is 23.1 Å². The van der Waals surface area contributed by atoms with Gasteiger partial charge in [0.2, 0.25) is 0 Å². The lowest BCUT2D eigenvalue weighted by Gasteiger charge is -2.23. The minimum Gasteiger partial charge on any atom is -0.315 e. The third-order valence-corrected chi connectivity index (χ3v) is 6.16. The van der Waals surface area contributed by atoms with Crippen molar-refractivity contribution in [2.24, 2.45) is 0 Å². The SMILES string of the molecule is Cc1ccc(S(=O)(=O)C2CNCCC2=O)c(C)c1C. The lowest BCUT2D eigenvalue weighted by atomic mass is 10.1. The Kier molecular flexibility index (Phi) is 3.78. The Labute approximate surface area is 114 Å². The Bertz CT molecular complexity index is 620. The predicted octanol–water partition coefficient (Wildman–Crippen LogP) is 1.32. The fourth-order valence-electron chi connectivity index (χ4n) is 2.40. The van der Waals surface area contributed by atoms with Crippen LogP contribution in [0.4, 0.5) is 0 Å². The maximum Gasteiger partial charge on any atom is 0.189 e. The summed E-state index contributed by atoms with van der Waals surface area (Å²) in [4.78, 5) is 12.1. The van der Waals surface area contributed by atoms with Gasteiger partial charge in [0.15, 0.2) is 15.6 Å². The number of Topliss-reactive ketones (excluding diaryl/α,β-unsaturated/α-hetero) is 1. The van der Waals surface area contributed by atoms with Crippen LogP contribution in [-0.4, -0.2) is 32.5 Å². The molecule has 1 fully saturated rings. The first-order valence-electron chi connectivity index (χ1n) is 6.40. The van der Waals surface area contributed by atoms with Gasteiger partial charge in [-0.25, -0.2) is 8.42 Å². The molecule has 1 aromatic carbocycles. The van der Waals surface area contributed by atoms with Gasteiger partial charge in [-0.3, -0.25) is 4.79 Å². The molecule has 0 aromatic heterocycles. The van der Waals surface area contributed by atoms with Crippen LogP contribution in [0.15, 0.2) is 17.0 Å². The number of benzene rings is 1. The molecule has 0 amide bonds. The Morgan fingerprint density at radius 1 is 1.16 bits per heavy atom. The van der Waals surface area contributed by atoms with Crippen molar-refractivity contribution in [3.05, 3.63) is 28.8 Å². The van der Waals surface area contributed by atoms with Crippen molar-refractivity contribution in [1.29, 1.82) is 0 Å². The summed E-state index contributed by atoms with van der Waals surface area (Å²) < 4.78 is 25.2. The van der Waals surface area contributed by atoms with E-state index in [1.54, 1.807) is 19.1 Å². The van der Waals surface area contributed by atoms with Crippen LogP contribution in [0.3, 0.4) is 0 Å². The van der Waals surface area contributed by atoms with Crippen molar-refractivity contribution in [3.8, 4) is 0 Å². The van der Waals surface area contributed by atoms with Gasteiger partial charge in [-0.2, -0.15) is 0 Å². The molecule has 0 spiro atoms. The number of hydrogen-bond donors (Lipinski definition) is 1. The number of carbonyl (C=O) groups excluding carboxylic acids is 1. The van der Waals surface area contributed by atoms with E-state index >= 15 is 0 Å². The molecule has 5 heteroatoms. The summed E-state index contributed by atoms with van der Waals surface area (Å²) in [5.41, 5.74) is 2.78. The van der Waals surface area contributed by atoms with Crippen molar-refractivity contribution in [2.75, 3.05) is 13.1 Å². The molecule has 1 aliphatic rings. The standard InChI is InChI=1S/C14H19NO3S/c1-9-4-5-13(11(3)10(9)2)19(17,18)14-8-15-7-6-12(14)16/h4-5,14-15H,6-8H2,1-3H3. The zero-order valence-corrected chi connectivity index (χ0v) is 12.3. The molecular formula is C14H19NO3S. The lowest BCUT2D eigenvalue weighted by Crippen LogP contribution is -2.45. The van der Waals surface area contributed by atoms with Gasteiger partial charge in [0.25, 0.3) is 0 Å². The summed E-state index contributed by atoms with van der Waals surface area (Å²) in [7, 11) is -3.59. The molecule has 19 heavy (non-hydrogen) atoms. The van der Waals surface area contributed by atoms with Crippen LogP contribution in [0.2, 0.25) is 0 Å². The van der Waals surface area contributed by atoms with Crippen molar-refractivity contribution in [1.82, 2.24) is 5.32 Å². The number of piperidine rings is 1. The minimum atomic E-state index is -3.59. The largest absolute Gasteiger partial charge is 0.315 e. The number of ketones is 1. The second-order valence-corrected chi connectivity index (χ2v) is 7.18. The first-order chi connectivity index (χ1) is 8.85. The molecule has 104 valence electrons. The average Bonchev–Trinajstić information content (AvgIpc) is 2.36. The highest BCUT2D eigenvalue weighted by molar-refractivity contribution is 7.93. The predicted molar refractivity (Wildman–Crippen MR) is 74.1 cm³/mol. The molecule has 0 aliphatic carbocycles. The highest BCUT2D eigenvalue weighted by Gasteiger charge is 2.36. The fourth-order valence-corrected chi connectivity index (χ4v) is 4.34. The summed E-state index contributed by atoms with van der Waals surface area (Å²) in [6.07, 6.45) is 0.286. The summed E-state index contributed by atoms with van der Waals surface area (Å²) in [5.74, 6) is -0.184. The van der Waals surface area contributed by atoms with E-state index in [1.807, 2.05) is 13.8 Å². The number of hydrogen-bond acceptors (Lipinski definition) is 4. The molecule has 1 aromatic rings. The number of nitrogens with one attached hydrogen (secondary N) is 1. The molecule has 0 bridgehead atoms. The quantitative estimate of drug-likeness (QED) is 0.888. The van der Waals surface area contributed by atoms with E-state index in [4.69, 9.17) is 0 Å². The van der Waals surface area contributed by atoms with Gasteiger partial charge in [0.05, 0.1) is 4.90 Å². The van der Waals surface area contributed by atoms with Crippen molar-refractivity contribution in [2.45, 2.75) is 37.3 Å². The molecule has 1 aliphatic heterocycles. The van der Waals surface area contributed by atoms with Gasteiger partial charge < -0.3 is 5.32 Å². The van der Waals surface area contributed by atoms with E-state index in [2.05, 4.69) is 5.32 Å². The van der Waals surface area contributed by atoms with Crippen molar-refractivity contribution < 1.29 is 13.2 Å². The highest BCUT2D eigenvalue weighted by Crippen LogP contribution is 2.26. The average molecular weight is 281 g/mol. The first-order valence-corrected chi connectivity index (χ1v) is 7.94. The zero-order chi connectivity index (χ0) is 14.2. The molecule has 1 saturated heterocycles. The van der Waals surface area contributed by atoms with Crippen LogP contribution >= 0.6 is 0 Å². The molecule has 2 rings (SSSR count). The van der Waals surface area contributed by atoms with Crippen molar-refractivity contribution >= 4 is 15.6 Å². The smallest absolute Gasteiger partial charge is 0.189 e. The number of sulfone groups is 1. The molecule has 1 atom stereocenters. The molecule has 1 N–H and O–H groups in total. The van der Waals surface area contributed by atoms with E-state index in [-0.39, 0.29) is 23.6 Å².